The highest BCUT2D eigenvalue weighted by molar-refractivity contribution is 5.41. The maximum atomic E-state index is 3.75. The molecule has 0 aliphatic rings. The fourth-order valence-corrected chi connectivity index (χ4v) is 0.619. The minimum absolute atomic E-state index is 1.03. The van der Waals surface area contributed by atoms with Gasteiger partial charge in [0.25, 0.3) is 0 Å². The largest absolute Gasteiger partial charge is 0.248 e. The molecule has 0 N–H and O–H groups in total. The second kappa shape index (κ2) is 2.44. The van der Waals surface area contributed by atoms with Gasteiger partial charge in [0.1, 0.15) is 0 Å². The molecule has 0 aromatic carbocycles. The Morgan fingerprint density at radius 3 is 2.89 bits per heavy atom. The molecule has 0 atom stereocenters. The van der Waals surface area contributed by atoms with Crippen LogP contribution in [0.15, 0.2) is 12.3 Å². The summed E-state index contributed by atoms with van der Waals surface area (Å²) >= 11 is 0. The van der Waals surface area contributed by atoms with Gasteiger partial charge >= 0.3 is 0 Å². The Morgan fingerprint density at radius 2 is 2.44 bits per heavy atom. The van der Waals surface area contributed by atoms with Gasteiger partial charge < -0.3 is 0 Å². The lowest BCUT2D eigenvalue weighted by Crippen LogP contribution is -1.92. The van der Waals surface area contributed by atoms with Crippen molar-refractivity contribution >= 4 is 6.08 Å². The predicted octanol–water partition coefficient (Wildman–Crippen LogP) is 0.848. The first-order valence-electron chi connectivity index (χ1n) is 2.82. The molecule has 0 fully saturated rings. The van der Waals surface area contributed by atoms with E-state index in [1.807, 2.05) is 26.1 Å². The molecule has 1 rings (SSSR count). The summed E-state index contributed by atoms with van der Waals surface area (Å²) in [5.41, 5.74) is 1.03. The van der Waals surface area contributed by atoms with Crippen LogP contribution in [0.5, 0.6) is 0 Å². The molecule has 3 nitrogen and oxygen atoms in total. The van der Waals surface area contributed by atoms with Crippen LogP contribution in [0, 0.1) is 0 Å². The molecule has 48 valence electrons. The fraction of sp³-hybridized carbons (Fsp3) is 0.333. The van der Waals surface area contributed by atoms with E-state index in [2.05, 4.69) is 10.3 Å². The van der Waals surface area contributed by atoms with Gasteiger partial charge in [-0.15, -0.1) is 5.10 Å². The topological polar surface area (TPSA) is 30.7 Å². The van der Waals surface area contributed by atoms with Gasteiger partial charge in [-0.05, 0) is 13.0 Å². The lowest BCUT2D eigenvalue weighted by Gasteiger charge is -1.87. The van der Waals surface area contributed by atoms with Crippen molar-refractivity contribution in [1.29, 1.82) is 0 Å². The van der Waals surface area contributed by atoms with Crippen molar-refractivity contribution in [2.24, 2.45) is 7.05 Å². The van der Waals surface area contributed by atoms with Crippen LogP contribution in [0.3, 0.4) is 0 Å². The summed E-state index contributed by atoms with van der Waals surface area (Å²) in [5, 5.41) is 7.45. The minimum Gasteiger partial charge on any atom is -0.248 e. The van der Waals surface area contributed by atoms with Gasteiger partial charge in [-0.25, -0.2) is 4.68 Å². The Morgan fingerprint density at radius 1 is 1.67 bits per heavy atom. The molecule has 0 amide bonds. The molecule has 1 aromatic heterocycles. The smallest absolute Gasteiger partial charge is 0.0806 e. The van der Waals surface area contributed by atoms with E-state index >= 15 is 0 Å². The van der Waals surface area contributed by atoms with Crippen LogP contribution in [0.1, 0.15) is 12.6 Å². The highest BCUT2D eigenvalue weighted by atomic mass is 15.4. The number of aromatic nitrogens is 3. The molecule has 0 unspecified atom stereocenters. The highest BCUT2D eigenvalue weighted by Gasteiger charge is 1.89. The Labute approximate surface area is 54.0 Å². The van der Waals surface area contributed by atoms with Crippen molar-refractivity contribution in [2.45, 2.75) is 6.92 Å². The van der Waals surface area contributed by atoms with Crippen LogP contribution >= 0.6 is 0 Å². The van der Waals surface area contributed by atoms with Crippen LogP contribution in [0.4, 0.5) is 0 Å². The zero-order chi connectivity index (χ0) is 6.69. The van der Waals surface area contributed by atoms with Gasteiger partial charge in [0.2, 0.25) is 0 Å². The Balaban J connectivity index is 2.94. The SMILES string of the molecule is C/C=C\c1cnnn1C. The summed E-state index contributed by atoms with van der Waals surface area (Å²) in [5.74, 6) is 0. The molecular weight excluding hydrogens is 114 g/mol. The maximum absolute atomic E-state index is 3.75. The first-order valence-corrected chi connectivity index (χ1v) is 2.82. The third-order valence-corrected chi connectivity index (χ3v) is 1.09. The van der Waals surface area contributed by atoms with Crippen LogP contribution < -0.4 is 0 Å². The van der Waals surface area contributed by atoms with E-state index in [0.29, 0.717) is 0 Å². The quantitative estimate of drug-likeness (QED) is 0.554. The molecule has 0 bridgehead atoms. The number of allylic oxidation sites excluding steroid dienone is 1. The standard InChI is InChI=1S/C6H9N3/c1-3-4-6-5-7-8-9(6)2/h3-5H,1-2H3/b4-3-. The lowest BCUT2D eigenvalue weighted by atomic mass is 10.4. The average molecular weight is 123 g/mol. The third-order valence-electron chi connectivity index (χ3n) is 1.09. The number of nitrogens with zero attached hydrogens (tertiary/aromatic N) is 3. The van der Waals surface area contributed by atoms with Gasteiger partial charge in [0, 0.05) is 7.05 Å². The van der Waals surface area contributed by atoms with E-state index in [0.717, 1.165) is 5.69 Å². The van der Waals surface area contributed by atoms with Crippen molar-refractivity contribution in [2.75, 3.05) is 0 Å². The van der Waals surface area contributed by atoms with E-state index in [9.17, 15) is 0 Å². The number of rotatable bonds is 1. The molecule has 3 heteroatoms. The first-order chi connectivity index (χ1) is 4.34. The molecule has 0 radical (unpaired) electrons. The molecule has 1 heterocycles. The van der Waals surface area contributed by atoms with E-state index in [1.54, 1.807) is 10.9 Å². The van der Waals surface area contributed by atoms with Crippen LogP contribution in [0.2, 0.25) is 0 Å². The summed E-state index contributed by atoms with van der Waals surface area (Å²) in [7, 11) is 1.86. The predicted molar refractivity (Wildman–Crippen MR) is 35.7 cm³/mol. The maximum Gasteiger partial charge on any atom is 0.0806 e. The van der Waals surface area contributed by atoms with Crippen molar-refractivity contribution in [3.05, 3.63) is 18.0 Å². The average Bonchev–Trinajstić information content (AvgIpc) is 2.18. The zero-order valence-corrected chi connectivity index (χ0v) is 5.57. The summed E-state index contributed by atoms with van der Waals surface area (Å²) in [4.78, 5) is 0. The summed E-state index contributed by atoms with van der Waals surface area (Å²) in [6.07, 6.45) is 5.64. The minimum atomic E-state index is 1.03. The highest BCUT2D eigenvalue weighted by Crippen LogP contribution is 1.94. The summed E-state index contributed by atoms with van der Waals surface area (Å²) in [6.45, 7) is 1.97. The second-order valence-corrected chi connectivity index (χ2v) is 1.78. The third kappa shape index (κ3) is 1.16. The Hall–Kier alpha value is -1.12. The zero-order valence-electron chi connectivity index (χ0n) is 5.57. The number of hydrogen-bond acceptors (Lipinski definition) is 2. The number of aryl methyl sites for hydroxylation is 1. The summed E-state index contributed by atoms with van der Waals surface area (Å²) in [6, 6.07) is 0. The van der Waals surface area contributed by atoms with Crippen molar-refractivity contribution in [3.8, 4) is 0 Å². The van der Waals surface area contributed by atoms with Gasteiger partial charge in [-0.2, -0.15) is 0 Å². The van der Waals surface area contributed by atoms with Crippen LogP contribution in [-0.2, 0) is 7.05 Å². The fourth-order valence-electron chi connectivity index (χ4n) is 0.619. The molecule has 0 saturated heterocycles. The lowest BCUT2D eigenvalue weighted by molar-refractivity contribution is 0.709. The number of hydrogen-bond donors (Lipinski definition) is 0. The Bertz CT molecular complexity index is 212. The summed E-state index contributed by atoms with van der Waals surface area (Å²) < 4.78 is 1.72. The normalized spacial score (nSPS) is 10.9. The van der Waals surface area contributed by atoms with E-state index < -0.39 is 0 Å². The second-order valence-electron chi connectivity index (χ2n) is 1.78. The van der Waals surface area contributed by atoms with Crippen LogP contribution in [0.25, 0.3) is 6.08 Å². The van der Waals surface area contributed by atoms with Gasteiger partial charge in [0.15, 0.2) is 0 Å². The van der Waals surface area contributed by atoms with E-state index in [1.165, 1.54) is 0 Å². The monoisotopic (exact) mass is 123 g/mol. The molecule has 0 aliphatic carbocycles. The Kier molecular flexibility index (Phi) is 1.63. The van der Waals surface area contributed by atoms with E-state index in [4.69, 9.17) is 0 Å². The molecule has 0 spiro atoms. The van der Waals surface area contributed by atoms with Gasteiger partial charge in [-0.1, -0.05) is 11.3 Å². The van der Waals surface area contributed by atoms with Crippen molar-refractivity contribution < 1.29 is 0 Å². The molecule has 0 aliphatic heterocycles. The van der Waals surface area contributed by atoms with Crippen molar-refractivity contribution in [1.82, 2.24) is 15.0 Å². The van der Waals surface area contributed by atoms with E-state index in [-0.39, 0.29) is 0 Å². The van der Waals surface area contributed by atoms with Gasteiger partial charge in [0.05, 0.1) is 11.9 Å². The molecule has 1 aromatic rings. The first kappa shape index (κ1) is 6.01. The molecular formula is C6H9N3. The molecule has 9 heavy (non-hydrogen) atoms. The molecule has 0 saturated carbocycles. The van der Waals surface area contributed by atoms with Crippen LogP contribution in [-0.4, -0.2) is 15.0 Å². The van der Waals surface area contributed by atoms with Gasteiger partial charge in [-0.3, -0.25) is 0 Å². The van der Waals surface area contributed by atoms with Crippen molar-refractivity contribution in [3.63, 3.8) is 0 Å².